The van der Waals surface area contributed by atoms with Gasteiger partial charge in [0.1, 0.15) is 28.9 Å². The van der Waals surface area contributed by atoms with E-state index >= 15 is 0 Å². The zero-order valence-corrected chi connectivity index (χ0v) is 21.8. The molecule has 0 saturated heterocycles. The fourth-order valence-electron chi connectivity index (χ4n) is 2.46. The van der Waals surface area contributed by atoms with E-state index < -0.39 is 52.9 Å². The van der Waals surface area contributed by atoms with E-state index in [4.69, 9.17) is 14.2 Å². The molecule has 10 nitrogen and oxygen atoms in total. The molecule has 33 heavy (non-hydrogen) atoms. The number of ether oxygens (including phenoxy) is 3. The third-order valence-electron chi connectivity index (χ3n) is 3.71. The molecule has 0 spiro atoms. The van der Waals surface area contributed by atoms with E-state index in [1.54, 1.807) is 62.3 Å². The highest BCUT2D eigenvalue weighted by atomic mass is 16.6. The Morgan fingerprint density at radius 1 is 0.697 bits per heavy atom. The van der Waals surface area contributed by atoms with E-state index in [1.807, 2.05) is 0 Å². The molecular weight excluding hydrogens is 430 g/mol. The summed E-state index contributed by atoms with van der Waals surface area (Å²) < 4.78 is 15.7. The molecule has 10 heteroatoms. The highest BCUT2D eigenvalue weighted by Gasteiger charge is 2.28. The van der Waals surface area contributed by atoms with Crippen molar-refractivity contribution in [3.8, 4) is 0 Å². The monoisotopic (exact) mass is 473 g/mol. The van der Waals surface area contributed by atoms with Gasteiger partial charge in [-0.1, -0.05) is 0 Å². The van der Waals surface area contributed by atoms with Crippen molar-refractivity contribution in [3.63, 3.8) is 0 Å². The Kier molecular flexibility index (Phi) is 11.7. The summed E-state index contributed by atoms with van der Waals surface area (Å²) in [5, 5.41) is 7.79. The van der Waals surface area contributed by atoms with Crippen molar-refractivity contribution < 1.29 is 33.4 Å². The van der Waals surface area contributed by atoms with Gasteiger partial charge >= 0.3 is 18.2 Å². The minimum Gasteiger partial charge on any atom is -0.458 e. The molecule has 0 unspecified atom stereocenters. The Morgan fingerprint density at radius 3 is 1.67 bits per heavy atom. The van der Waals surface area contributed by atoms with Crippen molar-refractivity contribution in [2.24, 2.45) is 0 Å². The second-order valence-corrected chi connectivity index (χ2v) is 10.9. The third-order valence-corrected chi connectivity index (χ3v) is 3.71. The maximum Gasteiger partial charge on any atom is 0.408 e. The van der Waals surface area contributed by atoms with Gasteiger partial charge in [-0.25, -0.2) is 14.4 Å². The van der Waals surface area contributed by atoms with Crippen molar-refractivity contribution >= 4 is 24.1 Å². The number of unbranched alkanes of at least 4 members (excludes halogenated alkanes) is 1. The lowest BCUT2D eigenvalue weighted by atomic mass is 10.1. The van der Waals surface area contributed by atoms with Crippen LogP contribution in [0, 0.1) is 0 Å². The average molecular weight is 474 g/mol. The Balaban J connectivity index is 4.90. The van der Waals surface area contributed by atoms with Crippen LogP contribution in [0.1, 0.15) is 88.5 Å². The lowest BCUT2D eigenvalue weighted by Crippen LogP contribution is -2.52. The maximum absolute atomic E-state index is 12.8. The normalized spacial score (nSPS) is 13.9. The highest BCUT2D eigenvalue weighted by molar-refractivity contribution is 5.89. The summed E-state index contributed by atoms with van der Waals surface area (Å²) in [4.78, 5) is 48.9. The number of hydrogen-bond acceptors (Lipinski definition) is 7. The van der Waals surface area contributed by atoms with Gasteiger partial charge in [-0.3, -0.25) is 4.79 Å². The first-order valence-electron chi connectivity index (χ1n) is 11.3. The minimum absolute atomic E-state index is 0.280. The third kappa shape index (κ3) is 16.7. The number of rotatable bonds is 9. The summed E-state index contributed by atoms with van der Waals surface area (Å²) in [5.74, 6) is -1.10. The van der Waals surface area contributed by atoms with Gasteiger partial charge < -0.3 is 30.2 Å². The lowest BCUT2D eigenvalue weighted by molar-refractivity contribution is -0.158. The molecule has 0 aliphatic rings. The van der Waals surface area contributed by atoms with Gasteiger partial charge in [-0.15, -0.1) is 0 Å². The molecule has 0 aliphatic heterocycles. The van der Waals surface area contributed by atoms with Crippen LogP contribution in [0.5, 0.6) is 0 Å². The first-order chi connectivity index (χ1) is 14.8. The lowest BCUT2D eigenvalue weighted by Gasteiger charge is -2.25. The Labute approximate surface area is 197 Å². The van der Waals surface area contributed by atoms with Crippen LogP contribution in [-0.4, -0.2) is 59.5 Å². The van der Waals surface area contributed by atoms with Crippen LogP contribution in [-0.2, 0) is 23.8 Å². The molecule has 2 atom stereocenters. The predicted molar refractivity (Wildman–Crippen MR) is 125 cm³/mol. The number of amides is 3. The fraction of sp³-hybridized carbons (Fsp3) is 0.826. The Morgan fingerprint density at radius 2 is 1.18 bits per heavy atom. The van der Waals surface area contributed by atoms with Crippen LogP contribution in [0.2, 0.25) is 0 Å². The largest absolute Gasteiger partial charge is 0.458 e. The molecule has 3 N–H and O–H groups in total. The quantitative estimate of drug-likeness (QED) is 0.265. The number of nitrogens with one attached hydrogen (secondary N) is 3. The second-order valence-electron chi connectivity index (χ2n) is 10.9. The van der Waals surface area contributed by atoms with Gasteiger partial charge in [0, 0.05) is 6.54 Å². The smallest absolute Gasteiger partial charge is 0.408 e. The van der Waals surface area contributed by atoms with Crippen LogP contribution >= 0.6 is 0 Å². The van der Waals surface area contributed by atoms with Crippen LogP contribution in [0.25, 0.3) is 0 Å². The molecule has 0 fully saturated rings. The van der Waals surface area contributed by atoms with Crippen molar-refractivity contribution in [1.82, 2.24) is 16.0 Å². The van der Waals surface area contributed by atoms with Gasteiger partial charge in [0.25, 0.3) is 0 Å². The average Bonchev–Trinajstić information content (AvgIpc) is 2.55. The summed E-state index contributed by atoms with van der Waals surface area (Å²) in [6.45, 7) is 17.5. The molecule has 0 rings (SSSR count). The fourth-order valence-corrected chi connectivity index (χ4v) is 2.46. The molecule has 0 bridgehead atoms. The predicted octanol–water partition coefficient (Wildman–Crippen LogP) is 3.42. The Bertz CT molecular complexity index is 673. The maximum atomic E-state index is 12.8. The van der Waals surface area contributed by atoms with E-state index in [-0.39, 0.29) is 6.42 Å². The van der Waals surface area contributed by atoms with Gasteiger partial charge in [0.15, 0.2) is 0 Å². The highest BCUT2D eigenvalue weighted by Crippen LogP contribution is 2.11. The molecule has 0 aliphatic carbocycles. The summed E-state index contributed by atoms with van der Waals surface area (Å²) in [5.41, 5.74) is -2.01. The van der Waals surface area contributed by atoms with Gasteiger partial charge in [-0.2, -0.15) is 0 Å². The topological polar surface area (TPSA) is 132 Å². The van der Waals surface area contributed by atoms with E-state index in [2.05, 4.69) is 16.0 Å². The van der Waals surface area contributed by atoms with E-state index in [0.29, 0.717) is 19.4 Å². The number of hydrogen-bond donors (Lipinski definition) is 3. The number of carbonyl (C=O) groups is 4. The number of alkyl carbamates (subject to hydrolysis) is 2. The Hall–Kier alpha value is -2.52. The number of esters is 1. The second kappa shape index (κ2) is 12.6. The summed E-state index contributed by atoms with van der Waals surface area (Å²) in [6.07, 6.45) is 0.0992. The molecule has 0 aromatic heterocycles. The molecule has 3 amide bonds. The SMILES string of the molecule is C[C@H](NC(=O)[C@H](CCCCNC(=O)OC(C)(C)C)NC(=O)OC(C)(C)C)C(=O)OC(C)(C)C. The summed E-state index contributed by atoms with van der Waals surface area (Å²) >= 11 is 0. The van der Waals surface area contributed by atoms with E-state index in [9.17, 15) is 19.2 Å². The molecule has 0 radical (unpaired) electrons. The van der Waals surface area contributed by atoms with Crippen LogP contribution in [0.3, 0.4) is 0 Å². The van der Waals surface area contributed by atoms with E-state index in [1.165, 1.54) is 6.92 Å². The minimum atomic E-state index is -0.925. The first kappa shape index (κ1) is 30.5. The molecule has 0 heterocycles. The summed E-state index contributed by atoms with van der Waals surface area (Å²) in [7, 11) is 0. The zero-order valence-electron chi connectivity index (χ0n) is 21.8. The molecule has 0 aromatic carbocycles. The molecule has 0 saturated carbocycles. The van der Waals surface area contributed by atoms with Gasteiger partial charge in [0.2, 0.25) is 5.91 Å². The molecular formula is C23H43N3O7. The van der Waals surface area contributed by atoms with Crippen molar-refractivity contribution in [1.29, 1.82) is 0 Å². The van der Waals surface area contributed by atoms with Gasteiger partial charge in [0.05, 0.1) is 0 Å². The molecule has 192 valence electrons. The zero-order chi connectivity index (χ0) is 26.0. The van der Waals surface area contributed by atoms with Crippen molar-refractivity contribution in [2.75, 3.05) is 6.54 Å². The summed E-state index contributed by atoms with van der Waals surface area (Å²) in [6, 6.07) is -1.82. The number of carbonyl (C=O) groups excluding carboxylic acids is 4. The van der Waals surface area contributed by atoms with Crippen molar-refractivity contribution in [2.45, 2.75) is 117 Å². The first-order valence-corrected chi connectivity index (χ1v) is 11.3. The molecule has 0 aromatic rings. The van der Waals surface area contributed by atoms with Crippen LogP contribution in [0.15, 0.2) is 0 Å². The van der Waals surface area contributed by atoms with Gasteiger partial charge in [-0.05, 0) is 88.5 Å². The van der Waals surface area contributed by atoms with E-state index in [0.717, 1.165) is 0 Å². The van der Waals surface area contributed by atoms with Crippen LogP contribution < -0.4 is 16.0 Å². The van der Waals surface area contributed by atoms with Crippen molar-refractivity contribution in [3.05, 3.63) is 0 Å². The van der Waals surface area contributed by atoms with Crippen LogP contribution in [0.4, 0.5) is 9.59 Å². The standard InChI is InChI=1S/C23H43N3O7/c1-15(18(28)31-21(2,3)4)25-17(27)16(26-20(30)33-23(8,9)10)13-11-12-14-24-19(29)32-22(5,6)7/h15-16H,11-14H2,1-10H3,(H,24,29)(H,25,27)(H,26,30)/t15-,16-/m0/s1.